The number of nitriles is 1. The maximum atomic E-state index is 13.4. The SMILES string of the molecule is CCN(CC(C)C#N)C(=O)C(C)Oc1ccc2c(-c3ccc(F)cc3Cl)c[nH]c(=O)c2c1. The summed E-state index contributed by atoms with van der Waals surface area (Å²) in [6, 6.07) is 11.1. The second kappa shape index (κ2) is 9.84. The van der Waals surface area contributed by atoms with Crippen molar-refractivity contribution in [2.75, 3.05) is 13.1 Å². The van der Waals surface area contributed by atoms with Gasteiger partial charge >= 0.3 is 0 Å². The third kappa shape index (κ3) is 4.92. The highest BCUT2D eigenvalue weighted by Crippen LogP contribution is 2.33. The molecule has 0 bridgehead atoms. The minimum atomic E-state index is -0.799. The summed E-state index contributed by atoms with van der Waals surface area (Å²) in [6.45, 7) is 6.00. The Balaban J connectivity index is 1.92. The van der Waals surface area contributed by atoms with Crippen LogP contribution in [0, 0.1) is 23.1 Å². The molecule has 0 radical (unpaired) electrons. The molecule has 1 aromatic heterocycles. The second-order valence-corrected chi connectivity index (χ2v) is 7.94. The van der Waals surface area contributed by atoms with Crippen LogP contribution < -0.4 is 10.3 Å². The van der Waals surface area contributed by atoms with Crippen molar-refractivity contribution in [3.8, 4) is 22.9 Å². The minimum Gasteiger partial charge on any atom is -0.481 e. The quantitative estimate of drug-likeness (QED) is 0.556. The van der Waals surface area contributed by atoms with Gasteiger partial charge in [-0.1, -0.05) is 11.6 Å². The zero-order valence-corrected chi connectivity index (χ0v) is 18.7. The normalized spacial score (nSPS) is 12.8. The minimum absolute atomic E-state index is 0.226. The lowest BCUT2D eigenvalue weighted by molar-refractivity contribution is -0.138. The molecule has 166 valence electrons. The van der Waals surface area contributed by atoms with Crippen LogP contribution in [0.3, 0.4) is 0 Å². The molecule has 0 saturated heterocycles. The van der Waals surface area contributed by atoms with E-state index in [-0.39, 0.29) is 22.4 Å². The molecule has 8 heteroatoms. The van der Waals surface area contributed by atoms with E-state index in [1.54, 1.807) is 43.0 Å². The molecule has 0 fully saturated rings. The average molecular weight is 456 g/mol. The number of pyridine rings is 1. The highest BCUT2D eigenvalue weighted by molar-refractivity contribution is 6.33. The van der Waals surface area contributed by atoms with Gasteiger partial charge in [0.2, 0.25) is 0 Å². The number of nitrogens with one attached hydrogen (secondary N) is 1. The smallest absolute Gasteiger partial charge is 0.263 e. The Kier molecular flexibility index (Phi) is 7.16. The van der Waals surface area contributed by atoms with Gasteiger partial charge in [-0.2, -0.15) is 5.26 Å². The first kappa shape index (κ1) is 23.3. The van der Waals surface area contributed by atoms with Gasteiger partial charge in [-0.3, -0.25) is 9.59 Å². The molecule has 1 heterocycles. The highest BCUT2D eigenvalue weighted by Gasteiger charge is 2.23. The fraction of sp³-hybridized carbons (Fsp3) is 0.292. The van der Waals surface area contributed by atoms with Crippen LogP contribution in [0.15, 0.2) is 47.4 Å². The van der Waals surface area contributed by atoms with Gasteiger partial charge in [0.1, 0.15) is 11.6 Å². The maximum Gasteiger partial charge on any atom is 0.263 e. The third-order valence-corrected chi connectivity index (χ3v) is 5.48. The van der Waals surface area contributed by atoms with Crippen molar-refractivity contribution >= 4 is 28.3 Å². The molecule has 1 amide bonds. The molecule has 32 heavy (non-hydrogen) atoms. The molecular weight excluding hydrogens is 433 g/mol. The number of amides is 1. The lowest BCUT2D eigenvalue weighted by Gasteiger charge is -2.25. The molecule has 3 aromatic rings. The molecule has 0 aliphatic rings. The van der Waals surface area contributed by atoms with Gasteiger partial charge in [-0.15, -0.1) is 0 Å². The van der Waals surface area contributed by atoms with Gasteiger partial charge in [0.15, 0.2) is 6.10 Å². The fourth-order valence-electron chi connectivity index (χ4n) is 3.50. The van der Waals surface area contributed by atoms with E-state index in [2.05, 4.69) is 11.1 Å². The number of aromatic amines is 1. The highest BCUT2D eigenvalue weighted by atomic mass is 35.5. The van der Waals surface area contributed by atoms with Crippen molar-refractivity contribution in [2.45, 2.75) is 26.9 Å². The zero-order valence-electron chi connectivity index (χ0n) is 18.0. The number of likely N-dealkylation sites (N-methyl/N-ethyl adjacent to an activating group) is 1. The third-order valence-electron chi connectivity index (χ3n) is 5.16. The fourth-order valence-corrected chi connectivity index (χ4v) is 3.77. The molecule has 1 N–H and O–H groups in total. The number of carbonyl (C=O) groups is 1. The summed E-state index contributed by atoms with van der Waals surface area (Å²) in [5, 5.41) is 10.2. The molecule has 2 unspecified atom stereocenters. The number of nitrogens with zero attached hydrogens (tertiary/aromatic N) is 2. The number of aromatic nitrogens is 1. The van der Waals surface area contributed by atoms with Gasteiger partial charge in [-0.25, -0.2) is 4.39 Å². The summed E-state index contributed by atoms with van der Waals surface area (Å²) in [6.07, 6.45) is 0.735. The number of carbonyl (C=O) groups excluding carboxylic acids is 1. The van der Waals surface area contributed by atoms with Crippen LogP contribution in [0.5, 0.6) is 5.75 Å². The molecule has 6 nitrogen and oxygen atoms in total. The van der Waals surface area contributed by atoms with Crippen LogP contribution in [0.4, 0.5) is 4.39 Å². The van der Waals surface area contributed by atoms with E-state index in [0.717, 1.165) is 0 Å². The average Bonchev–Trinajstić information content (AvgIpc) is 2.77. The van der Waals surface area contributed by atoms with Gasteiger partial charge in [0, 0.05) is 30.4 Å². The largest absolute Gasteiger partial charge is 0.481 e. The molecule has 0 saturated carbocycles. The lowest BCUT2D eigenvalue weighted by Crippen LogP contribution is -2.42. The Labute approximate surface area is 190 Å². The Morgan fingerprint density at radius 2 is 1.97 bits per heavy atom. The zero-order chi connectivity index (χ0) is 23.4. The molecule has 0 spiro atoms. The second-order valence-electron chi connectivity index (χ2n) is 7.53. The predicted octanol–water partition coefficient (Wildman–Crippen LogP) is 4.76. The first-order chi connectivity index (χ1) is 15.2. The lowest BCUT2D eigenvalue weighted by atomic mass is 10.0. The van der Waals surface area contributed by atoms with Crippen LogP contribution >= 0.6 is 11.6 Å². The van der Waals surface area contributed by atoms with E-state index in [1.165, 1.54) is 18.3 Å². The van der Waals surface area contributed by atoms with Crippen molar-refractivity contribution in [3.05, 3.63) is 63.8 Å². The van der Waals surface area contributed by atoms with Crippen LogP contribution in [0.1, 0.15) is 20.8 Å². The number of rotatable bonds is 7. The molecule has 2 atom stereocenters. The van der Waals surface area contributed by atoms with Crippen LogP contribution in [-0.4, -0.2) is 35.0 Å². The number of fused-ring (bicyclic) bond motifs is 1. The maximum absolute atomic E-state index is 13.4. The number of hydrogen-bond donors (Lipinski definition) is 1. The van der Waals surface area contributed by atoms with Crippen molar-refractivity contribution in [3.63, 3.8) is 0 Å². The molecule has 0 aliphatic heterocycles. The standard InChI is InChI=1S/C24H23ClFN3O3/c1-4-29(13-14(2)11-27)24(31)15(3)32-17-6-8-18-20(10-17)23(30)28-12-21(18)19-7-5-16(26)9-22(19)25/h5-10,12,14-15H,4,13H2,1-3H3,(H,28,30). The van der Waals surface area contributed by atoms with Crippen molar-refractivity contribution in [1.82, 2.24) is 9.88 Å². The van der Waals surface area contributed by atoms with Crippen LogP contribution in [-0.2, 0) is 4.79 Å². The summed E-state index contributed by atoms with van der Waals surface area (Å²) >= 11 is 6.21. The molecule has 2 aromatic carbocycles. The van der Waals surface area contributed by atoms with Crippen LogP contribution in [0.25, 0.3) is 21.9 Å². The molecule has 3 rings (SSSR count). The van der Waals surface area contributed by atoms with Gasteiger partial charge in [0.25, 0.3) is 11.5 Å². The van der Waals surface area contributed by atoms with E-state index in [4.69, 9.17) is 21.6 Å². The molecular formula is C24H23ClFN3O3. The van der Waals surface area contributed by atoms with Crippen molar-refractivity contribution < 1.29 is 13.9 Å². The Hall–Kier alpha value is -3.37. The van der Waals surface area contributed by atoms with Gasteiger partial charge in [0.05, 0.1) is 22.4 Å². The number of H-pyrrole nitrogens is 1. The first-order valence-electron chi connectivity index (χ1n) is 10.2. The monoisotopic (exact) mass is 455 g/mol. The summed E-state index contributed by atoms with van der Waals surface area (Å²) in [7, 11) is 0. The summed E-state index contributed by atoms with van der Waals surface area (Å²) in [5.41, 5.74) is 0.893. The van der Waals surface area contributed by atoms with Gasteiger partial charge < -0.3 is 14.6 Å². The number of ether oxygens (including phenoxy) is 1. The van der Waals surface area contributed by atoms with Crippen molar-refractivity contribution in [2.24, 2.45) is 5.92 Å². The van der Waals surface area contributed by atoms with Crippen LogP contribution in [0.2, 0.25) is 5.02 Å². The van der Waals surface area contributed by atoms with E-state index in [0.29, 0.717) is 40.7 Å². The topological polar surface area (TPSA) is 86.2 Å². The van der Waals surface area contributed by atoms with Crippen molar-refractivity contribution in [1.29, 1.82) is 5.26 Å². The molecule has 0 aliphatic carbocycles. The Bertz CT molecular complexity index is 1250. The predicted molar refractivity (Wildman–Crippen MR) is 122 cm³/mol. The van der Waals surface area contributed by atoms with E-state index in [1.807, 2.05) is 6.92 Å². The number of benzene rings is 2. The number of hydrogen-bond acceptors (Lipinski definition) is 4. The Morgan fingerprint density at radius 3 is 2.62 bits per heavy atom. The van der Waals surface area contributed by atoms with Gasteiger partial charge in [-0.05, 0) is 62.6 Å². The summed E-state index contributed by atoms with van der Waals surface area (Å²) in [4.78, 5) is 29.5. The number of halogens is 2. The van der Waals surface area contributed by atoms with E-state index < -0.39 is 11.9 Å². The van der Waals surface area contributed by atoms with E-state index in [9.17, 15) is 14.0 Å². The van der Waals surface area contributed by atoms with E-state index >= 15 is 0 Å². The summed E-state index contributed by atoms with van der Waals surface area (Å²) < 4.78 is 19.3. The summed E-state index contributed by atoms with van der Waals surface area (Å²) in [5.74, 6) is -0.625. The first-order valence-corrected chi connectivity index (χ1v) is 10.6. The Morgan fingerprint density at radius 1 is 1.22 bits per heavy atom.